The van der Waals surface area contributed by atoms with Crippen molar-refractivity contribution in [2.75, 3.05) is 20.1 Å². The fourth-order valence-corrected chi connectivity index (χ4v) is 3.46. The van der Waals surface area contributed by atoms with E-state index < -0.39 is 0 Å². The highest BCUT2D eigenvalue weighted by Gasteiger charge is 2.25. The third-order valence-electron chi connectivity index (χ3n) is 3.01. The quantitative estimate of drug-likeness (QED) is 0.834. The van der Waals surface area contributed by atoms with Gasteiger partial charge in [0.2, 0.25) is 5.91 Å². The maximum atomic E-state index is 11.8. The van der Waals surface area contributed by atoms with Gasteiger partial charge in [-0.05, 0) is 48.0 Å². The first-order chi connectivity index (χ1) is 8.60. The van der Waals surface area contributed by atoms with Crippen molar-refractivity contribution in [1.82, 2.24) is 10.2 Å². The molecule has 18 heavy (non-hydrogen) atoms. The third kappa shape index (κ3) is 3.78. The van der Waals surface area contributed by atoms with Crippen LogP contribution < -0.4 is 11.1 Å². The normalized spacial score (nSPS) is 16.9. The molecule has 0 spiro atoms. The molecule has 6 heteroatoms. The summed E-state index contributed by atoms with van der Waals surface area (Å²) in [5.74, 6) is 0.0917. The summed E-state index contributed by atoms with van der Waals surface area (Å²) in [4.78, 5) is 15.0. The lowest BCUT2D eigenvalue weighted by atomic mass is 10.2. The lowest BCUT2D eigenvalue weighted by Gasteiger charge is -2.25. The molecule has 1 saturated carbocycles. The number of rotatable bonds is 6. The van der Waals surface area contributed by atoms with Gasteiger partial charge in [0.15, 0.2) is 0 Å². The van der Waals surface area contributed by atoms with Crippen LogP contribution >= 0.6 is 27.3 Å². The van der Waals surface area contributed by atoms with E-state index in [1.54, 1.807) is 11.3 Å². The number of amides is 1. The second kappa shape index (κ2) is 6.14. The van der Waals surface area contributed by atoms with Crippen LogP contribution in [0.5, 0.6) is 0 Å². The smallest absolute Gasteiger partial charge is 0.234 e. The van der Waals surface area contributed by atoms with Crippen LogP contribution in [0.2, 0.25) is 0 Å². The molecule has 0 aromatic carbocycles. The number of nitrogens with zero attached hydrogens (tertiary/aromatic N) is 1. The Kier molecular flexibility index (Phi) is 4.77. The number of hydrogen-bond donors (Lipinski definition) is 2. The molecular formula is C12H18BrN3OS. The van der Waals surface area contributed by atoms with Crippen LogP contribution in [0.3, 0.4) is 0 Å². The van der Waals surface area contributed by atoms with E-state index in [4.69, 9.17) is 5.73 Å². The largest absolute Gasteiger partial charge is 0.352 e. The maximum absolute atomic E-state index is 11.8. The van der Waals surface area contributed by atoms with Gasteiger partial charge in [-0.25, -0.2) is 0 Å². The van der Waals surface area contributed by atoms with E-state index in [1.807, 2.05) is 18.0 Å². The molecule has 1 aromatic heterocycles. The van der Waals surface area contributed by atoms with E-state index in [9.17, 15) is 4.79 Å². The topological polar surface area (TPSA) is 58.4 Å². The number of nitrogens with two attached hydrogens (primary N) is 1. The molecule has 1 heterocycles. The van der Waals surface area contributed by atoms with Crippen LogP contribution in [0.25, 0.3) is 0 Å². The maximum Gasteiger partial charge on any atom is 0.234 e. The zero-order valence-corrected chi connectivity index (χ0v) is 12.8. The second-order valence-electron chi connectivity index (χ2n) is 4.65. The van der Waals surface area contributed by atoms with Crippen LogP contribution in [-0.4, -0.2) is 37.0 Å². The summed E-state index contributed by atoms with van der Waals surface area (Å²) < 4.78 is 1.09. The molecular weight excluding hydrogens is 314 g/mol. The zero-order valence-electron chi connectivity index (χ0n) is 10.4. The fraction of sp³-hybridized carbons (Fsp3) is 0.583. The first-order valence-corrected chi connectivity index (χ1v) is 7.66. The summed E-state index contributed by atoms with van der Waals surface area (Å²) in [5.41, 5.74) is 5.82. The molecule has 0 bridgehead atoms. The summed E-state index contributed by atoms with van der Waals surface area (Å²) in [5, 5.41) is 2.99. The lowest BCUT2D eigenvalue weighted by molar-refractivity contribution is -0.122. The van der Waals surface area contributed by atoms with Gasteiger partial charge in [0.25, 0.3) is 0 Å². The minimum atomic E-state index is 0.0917. The Morgan fingerprint density at radius 2 is 2.39 bits per heavy atom. The van der Waals surface area contributed by atoms with Crippen molar-refractivity contribution in [3.63, 3.8) is 0 Å². The van der Waals surface area contributed by atoms with Crippen molar-refractivity contribution in [2.24, 2.45) is 5.73 Å². The number of thiophene rings is 1. The average molecular weight is 332 g/mol. The summed E-state index contributed by atoms with van der Waals surface area (Å²) in [6.07, 6.45) is 2.24. The first-order valence-electron chi connectivity index (χ1n) is 6.05. The first kappa shape index (κ1) is 14.0. The van der Waals surface area contributed by atoms with Crippen LogP contribution in [-0.2, 0) is 4.79 Å². The Morgan fingerprint density at radius 3 is 2.89 bits per heavy atom. The SMILES string of the molecule is CN(CC(=O)NC1CC1)C(CN)c1ccc(Br)s1. The van der Waals surface area contributed by atoms with Crippen molar-refractivity contribution >= 4 is 33.2 Å². The second-order valence-corrected chi connectivity index (χ2v) is 7.14. The highest BCUT2D eigenvalue weighted by molar-refractivity contribution is 9.11. The molecule has 2 rings (SSSR count). The van der Waals surface area contributed by atoms with E-state index in [2.05, 4.69) is 27.3 Å². The monoisotopic (exact) mass is 331 g/mol. The van der Waals surface area contributed by atoms with E-state index in [-0.39, 0.29) is 11.9 Å². The van der Waals surface area contributed by atoms with E-state index in [1.165, 1.54) is 4.88 Å². The number of likely N-dealkylation sites (N-methyl/N-ethyl adjacent to an activating group) is 1. The number of nitrogens with one attached hydrogen (secondary N) is 1. The highest BCUT2D eigenvalue weighted by Crippen LogP contribution is 2.29. The Hall–Kier alpha value is -0.430. The predicted octanol–water partition coefficient (Wildman–Crippen LogP) is 1.72. The van der Waals surface area contributed by atoms with Crippen LogP contribution in [0.4, 0.5) is 0 Å². The standard InChI is InChI=1S/C12H18BrN3OS/c1-16(7-12(17)15-8-2-3-8)9(6-14)10-4-5-11(13)18-10/h4-5,8-9H,2-3,6-7,14H2,1H3,(H,15,17). The highest BCUT2D eigenvalue weighted by atomic mass is 79.9. The van der Waals surface area contributed by atoms with Crippen molar-refractivity contribution in [3.8, 4) is 0 Å². The van der Waals surface area contributed by atoms with Gasteiger partial charge in [-0.15, -0.1) is 11.3 Å². The van der Waals surface area contributed by atoms with Crippen LogP contribution in [0.15, 0.2) is 15.9 Å². The van der Waals surface area contributed by atoms with Gasteiger partial charge in [-0.1, -0.05) is 0 Å². The molecule has 100 valence electrons. The molecule has 0 aliphatic heterocycles. The average Bonchev–Trinajstić information content (AvgIpc) is 3.01. The van der Waals surface area contributed by atoms with Gasteiger partial charge in [-0.2, -0.15) is 0 Å². The van der Waals surface area contributed by atoms with Crippen molar-refractivity contribution in [2.45, 2.75) is 24.9 Å². The van der Waals surface area contributed by atoms with Gasteiger partial charge in [0.05, 0.1) is 16.4 Å². The summed E-state index contributed by atoms with van der Waals surface area (Å²) in [6.45, 7) is 0.911. The Bertz CT molecular complexity index is 419. The Labute approximate surface area is 120 Å². The molecule has 0 radical (unpaired) electrons. The van der Waals surface area contributed by atoms with Crippen molar-refractivity contribution in [1.29, 1.82) is 0 Å². The minimum Gasteiger partial charge on any atom is -0.352 e. The van der Waals surface area contributed by atoms with Gasteiger partial charge >= 0.3 is 0 Å². The molecule has 1 aliphatic carbocycles. The number of carbonyl (C=O) groups excluding carboxylic acids is 1. The van der Waals surface area contributed by atoms with Gasteiger partial charge in [0, 0.05) is 17.5 Å². The van der Waals surface area contributed by atoms with E-state index in [0.29, 0.717) is 19.1 Å². The molecule has 0 saturated heterocycles. The van der Waals surface area contributed by atoms with Crippen molar-refractivity contribution < 1.29 is 4.79 Å². The van der Waals surface area contributed by atoms with Crippen LogP contribution in [0, 0.1) is 0 Å². The number of carbonyl (C=O) groups is 1. The van der Waals surface area contributed by atoms with Gasteiger partial charge < -0.3 is 11.1 Å². The number of hydrogen-bond acceptors (Lipinski definition) is 4. The zero-order chi connectivity index (χ0) is 13.1. The molecule has 1 unspecified atom stereocenters. The molecule has 1 fully saturated rings. The fourth-order valence-electron chi connectivity index (χ4n) is 1.86. The van der Waals surface area contributed by atoms with Gasteiger partial charge in [-0.3, -0.25) is 9.69 Å². The molecule has 1 aromatic rings. The summed E-state index contributed by atoms with van der Waals surface area (Å²) in [7, 11) is 1.94. The minimum absolute atomic E-state index is 0.0917. The Morgan fingerprint density at radius 1 is 1.67 bits per heavy atom. The van der Waals surface area contributed by atoms with Gasteiger partial charge in [0.1, 0.15) is 0 Å². The molecule has 1 atom stereocenters. The van der Waals surface area contributed by atoms with Crippen LogP contribution in [0.1, 0.15) is 23.8 Å². The number of halogens is 1. The van der Waals surface area contributed by atoms with E-state index in [0.717, 1.165) is 16.6 Å². The molecule has 1 amide bonds. The Balaban J connectivity index is 1.91. The van der Waals surface area contributed by atoms with E-state index >= 15 is 0 Å². The molecule has 4 nitrogen and oxygen atoms in total. The predicted molar refractivity (Wildman–Crippen MR) is 77.6 cm³/mol. The summed E-state index contributed by atoms with van der Waals surface area (Å²) >= 11 is 5.12. The molecule has 1 aliphatic rings. The lowest BCUT2D eigenvalue weighted by Crippen LogP contribution is -2.39. The third-order valence-corrected chi connectivity index (χ3v) is 4.74. The van der Waals surface area contributed by atoms with Crippen molar-refractivity contribution in [3.05, 3.63) is 20.8 Å². The molecule has 3 N–H and O–H groups in total. The summed E-state index contributed by atoms with van der Waals surface area (Å²) in [6, 6.07) is 4.59.